The van der Waals surface area contributed by atoms with E-state index in [9.17, 15) is 4.79 Å². The highest BCUT2D eigenvalue weighted by Gasteiger charge is 2.15. The van der Waals surface area contributed by atoms with E-state index in [0.717, 1.165) is 39.4 Å². The summed E-state index contributed by atoms with van der Waals surface area (Å²) in [5.74, 6) is 1.76. The maximum Gasteiger partial charge on any atom is 0.234 e. The van der Waals surface area contributed by atoms with Gasteiger partial charge in [0.15, 0.2) is 11.0 Å². The Bertz CT molecular complexity index is 1110. The number of ether oxygens (including phenoxy) is 1. The van der Waals surface area contributed by atoms with Crippen LogP contribution in [0.25, 0.3) is 10.7 Å². The molecule has 2 aromatic heterocycles. The number of nitrogens with one attached hydrogen (secondary N) is 1. The Morgan fingerprint density at radius 2 is 1.87 bits per heavy atom. The molecule has 0 fully saturated rings. The van der Waals surface area contributed by atoms with Crippen molar-refractivity contribution < 1.29 is 9.53 Å². The highest BCUT2D eigenvalue weighted by Crippen LogP contribution is 2.27. The third kappa shape index (κ3) is 5.53. The molecule has 31 heavy (non-hydrogen) atoms. The van der Waals surface area contributed by atoms with Gasteiger partial charge in [-0.05, 0) is 48.2 Å². The van der Waals surface area contributed by atoms with Crippen molar-refractivity contribution in [1.82, 2.24) is 14.8 Å². The van der Waals surface area contributed by atoms with Crippen LogP contribution in [0.5, 0.6) is 5.75 Å². The third-order valence-corrected chi connectivity index (χ3v) is 6.33. The highest BCUT2D eigenvalue weighted by atomic mass is 32.2. The van der Waals surface area contributed by atoms with Gasteiger partial charge in [-0.15, -0.1) is 21.5 Å². The third-order valence-electron chi connectivity index (χ3n) is 4.49. The number of hydrogen-bond donors (Lipinski definition) is 1. The van der Waals surface area contributed by atoms with Gasteiger partial charge in [0, 0.05) is 12.2 Å². The van der Waals surface area contributed by atoms with Crippen LogP contribution >= 0.6 is 23.1 Å². The lowest BCUT2D eigenvalue weighted by Gasteiger charge is -2.09. The number of carbonyl (C=O) groups is 1. The fourth-order valence-electron chi connectivity index (χ4n) is 2.97. The van der Waals surface area contributed by atoms with Crippen LogP contribution in [-0.4, -0.2) is 26.4 Å². The molecule has 158 valence electrons. The molecule has 8 heteroatoms. The SMILES string of the molecule is CCn1c(SCC(=O)Nc2ccc(OCc3ccccc3)cc2)nnc1-c1cccs1. The lowest BCUT2D eigenvalue weighted by Crippen LogP contribution is -2.14. The highest BCUT2D eigenvalue weighted by molar-refractivity contribution is 7.99. The lowest BCUT2D eigenvalue weighted by atomic mass is 10.2. The number of thiophene rings is 1. The second kappa shape index (κ2) is 10.3. The molecule has 0 saturated carbocycles. The number of anilines is 1. The smallest absolute Gasteiger partial charge is 0.234 e. The Hall–Kier alpha value is -3.10. The van der Waals surface area contributed by atoms with Gasteiger partial charge in [0.25, 0.3) is 0 Å². The summed E-state index contributed by atoms with van der Waals surface area (Å²) in [5.41, 5.74) is 1.84. The zero-order chi connectivity index (χ0) is 21.5. The first-order valence-electron chi connectivity index (χ1n) is 9.89. The van der Waals surface area contributed by atoms with Gasteiger partial charge < -0.3 is 14.6 Å². The fourth-order valence-corrected chi connectivity index (χ4v) is 4.49. The van der Waals surface area contributed by atoms with Gasteiger partial charge in [-0.2, -0.15) is 0 Å². The number of carbonyl (C=O) groups excluding carboxylic acids is 1. The quantitative estimate of drug-likeness (QED) is 0.349. The first-order valence-corrected chi connectivity index (χ1v) is 11.8. The monoisotopic (exact) mass is 450 g/mol. The summed E-state index contributed by atoms with van der Waals surface area (Å²) in [5, 5.41) is 14.2. The summed E-state index contributed by atoms with van der Waals surface area (Å²) in [4.78, 5) is 13.5. The number of rotatable bonds is 9. The second-order valence-electron chi connectivity index (χ2n) is 6.66. The van der Waals surface area contributed by atoms with Crippen LogP contribution in [0.2, 0.25) is 0 Å². The Kier molecular flexibility index (Phi) is 7.01. The molecule has 0 radical (unpaired) electrons. The maximum absolute atomic E-state index is 12.4. The fraction of sp³-hybridized carbons (Fsp3) is 0.174. The summed E-state index contributed by atoms with van der Waals surface area (Å²) in [7, 11) is 0. The summed E-state index contributed by atoms with van der Waals surface area (Å²) in [6.07, 6.45) is 0. The van der Waals surface area contributed by atoms with Crippen LogP contribution in [0.15, 0.2) is 77.3 Å². The van der Waals surface area contributed by atoms with Crippen LogP contribution in [0.1, 0.15) is 12.5 Å². The molecular weight excluding hydrogens is 428 g/mol. The number of thioether (sulfide) groups is 1. The van der Waals surface area contributed by atoms with Gasteiger partial charge in [-0.25, -0.2) is 0 Å². The average Bonchev–Trinajstić information content (AvgIpc) is 3.47. The predicted molar refractivity (Wildman–Crippen MR) is 126 cm³/mol. The lowest BCUT2D eigenvalue weighted by molar-refractivity contribution is -0.113. The van der Waals surface area contributed by atoms with Gasteiger partial charge in [0.2, 0.25) is 5.91 Å². The Labute approximate surface area is 189 Å². The Balaban J connectivity index is 1.29. The molecule has 0 unspecified atom stereocenters. The number of nitrogens with zero attached hydrogens (tertiary/aromatic N) is 3. The van der Waals surface area contributed by atoms with Crippen molar-refractivity contribution in [3.8, 4) is 16.5 Å². The van der Waals surface area contributed by atoms with E-state index in [1.54, 1.807) is 11.3 Å². The normalized spacial score (nSPS) is 10.7. The van der Waals surface area contributed by atoms with Crippen LogP contribution in [-0.2, 0) is 17.9 Å². The van der Waals surface area contributed by atoms with E-state index in [-0.39, 0.29) is 11.7 Å². The predicted octanol–water partition coefficient (Wildman–Crippen LogP) is 5.34. The molecule has 2 heterocycles. The molecule has 0 atom stereocenters. The zero-order valence-corrected chi connectivity index (χ0v) is 18.7. The number of benzene rings is 2. The van der Waals surface area contributed by atoms with Crippen molar-refractivity contribution in [2.45, 2.75) is 25.2 Å². The van der Waals surface area contributed by atoms with Gasteiger partial charge in [0.05, 0.1) is 10.6 Å². The van der Waals surface area contributed by atoms with Crippen molar-refractivity contribution in [1.29, 1.82) is 0 Å². The minimum atomic E-state index is -0.0914. The summed E-state index contributed by atoms with van der Waals surface area (Å²) in [6.45, 7) is 3.30. The second-order valence-corrected chi connectivity index (χ2v) is 8.55. The molecular formula is C23H22N4O2S2. The molecule has 1 N–H and O–H groups in total. The van der Waals surface area contributed by atoms with Crippen molar-refractivity contribution >= 4 is 34.7 Å². The Morgan fingerprint density at radius 3 is 2.58 bits per heavy atom. The van der Waals surface area contributed by atoms with Crippen molar-refractivity contribution in [2.24, 2.45) is 0 Å². The van der Waals surface area contributed by atoms with E-state index in [1.165, 1.54) is 11.8 Å². The van der Waals surface area contributed by atoms with Crippen LogP contribution in [0.3, 0.4) is 0 Å². The van der Waals surface area contributed by atoms with Gasteiger partial charge >= 0.3 is 0 Å². The van der Waals surface area contributed by atoms with Crippen molar-refractivity contribution in [3.05, 3.63) is 77.7 Å². The number of amides is 1. The summed E-state index contributed by atoms with van der Waals surface area (Å²) in [6, 6.07) is 21.4. The molecule has 0 aliphatic carbocycles. The van der Waals surface area contributed by atoms with Crippen LogP contribution < -0.4 is 10.1 Å². The van der Waals surface area contributed by atoms with Crippen molar-refractivity contribution in [3.63, 3.8) is 0 Å². The molecule has 0 aliphatic rings. The largest absolute Gasteiger partial charge is 0.489 e. The standard InChI is InChI=1S/C23H22N4O2S2/c1-2-27-22(20-9-6-14-30-20)25-26-23(27)31-16-21(28)24-18-10-12-19(13-11-18)29-15-17-7-4-3-5-8-17/h3-14H,2,15-16H2,1H3,(H,24,28). The Morgan fingerprint density at radius 1 is 1.06 bits per heavy atom. The van der Waals surface area contributed by atoms with Crippen molar-refractivity contribution in [2.75, 3.05) is 11.1 Å². The topological polar surface area (TPSA) is 69.0 Å². The van der Waals surface area contributed by atoms with E-state index in [0.29, 0.717) is 6.61 Å². The van der Waals surface area contributed by atoms with E-state index < -0.39 is 0 Å². The average molecular weight is 451 g/mol. The summed E-state index contributed by atoms with van der Waals surface area (Å²) >= 11 is 3.01. The minimum absolute atomic E-state index is 0.0914. The van der Waals surface area contributed by atoms with Gasteiger partial charge in [-0.1, -0.05) is 48.2 Å². The molecule has 4 aromatic rings. The molecule has 0 bridgehead atoms. The van der Waals surface area contributed by atoms with E-state index in [1.807, 2.05) is 83.6 Å². The number of hydrogen-bond acceptors (Lipinski definition) is 6. The van der Waals surface area contributed by atoms with E-state index >= 15 is 0 Å². The first kappa shape index (κ1) is 21.1. The zero-order valence-electron chi connectivity index (χ0n) is 17.0. The van der Waals surface area contributed by atoms with Gasteiger partial charge in [0.1, 0.15) is 12.4 Å². The molecule has 0 saturated heterocycles. The van der Waals surface area contributed by atoms with Gasteiger partial charge in [-0.3, -0.25) is 4.79 Å². The molecule has 0 spiro atoms. The molecule has 6 nitrogen and oxygen atoms in total. The maximum atomic E-state index is 12.4. The molecule has 1 amide bonds. The minimum Gasteiger partial charge on any atom is -0.489 e. The van der Waals surface area contributed by atoms with Crippen LogP contribution in [0.4, 0.5) is 5.69 Å². The first-order chi connectivity index (χ1) is 15.2. The van der Waals surface area contributed by atoms with E-state index in [4.69, 9.17) is 4.74 Å². The van der Waals surface area contributed by atoms with E-state index in [2.05, 4.69) is 15.5 Å². The molecule has 4 rings (SSSR count). The summed E-state index contributed by atoms with van der Waals surface area (Å²) < 4.78 is 7.81. The molecule has 0 aliphatic heterocycles. The number of aromatic nitrogens is 3. The van der Waals surface area contributed by atoms with Crippen LogP contribution in [0, 0.1) is 0 Å². The molecule has 2 aromatic carbocycles.